The summed E-state index contributed by atoms with van der Waals surface area (Å²) in [6.07, 6.45) is 1.06. The largest absolute Gasteiger partial charge is 0.497 e. The summed E-state index contributed by atoms with van der Waals surface area (Å²) in [5.74, 6) is 1.32. The molecule has 4 aromatic rings. The normalized spacial score (nSPS) is 11.8. The average Bonchev–Trinajstić information content (AvgIpc) is 3.23. The standard InChI is InChI=1S/C24H24N4O3/c1-4-16(2)31-21-10-5-17(6-11-21)24(29)25-18-7-14-22-23(15-18)27-28(26-22)19-8-12-20(30-3)13-9-19/h5-16H,4H2,1-3H3,(H,25,29)/t16-/m1/s1. The van der Waals surface area contributed by atoms with Gasteiger partial charge >= 0.3 is 0 Å². The Morgan fingerprint density at radius 3 is 2.32 bits per heavy atom. The number of aromatic nitrogens is 3. The SMILES string of the molecule is CC[C@@H](C)Oc1ccc(C(=O)Nc2ccc3nn(-c4ccc(OC)cc4)nc3c2)cc1. The summed E-state index contributed by atoms with van der Waals surface area (Å²) in [4.78, 5) is 14.2. The van der Waals surface area contributed by atoms with Crippen LogP contribution in [0.1, 0.15) is 30.6 Å². The van der Waals surface area contributed by atoms with Gasteiger partial charge in [-0.1, -0.05) is 6.92 Å². The summed E-state index contributed by atoms with van der Waals surface area (Å²) in [7, 11) is 1.63. The number of rotatable bonds is 7. The lowest BCUT2D eigenvalue weighted by Crippen LogP contribution is -2.12. The minimum atomic E-state index is -0.197. The first-order valence-corrected chi connectivity index (χ1v) is 10.2. The molecule has 0 bridgehead atoms. The number of carbonyl (C=O) groups is 1. The van der Waals surface area contributed by atoms with Crippen molar-refractivity contribution in [1.82, 2.24) is 15.0 Å². The van der Waals surface area contributed by atoms with E-state index in [4.69, 9.17) is 9.47 Å². The molecule has 7 heteroatoms. The van der Waals surface area contributed by atoms with E-state index in [-0.39, 0.29) is 12.0 Å². The number of hydrogen-bond acceptors (Lipinski definition) is 5. The van der Waals surface area contributed by atoms with Crippen LogP contribution in [0.3, 0.4) is 0 Å². The molecule has 1 aromatic heterocycles. The van der Waals surface area contributed by atoms with Crippen molar-refractivity contribution < 1.29 is 14.3 Å². The Kier molecular flexibility index (Phi) is 5.84. The van der Waals surface area contributed by atoms with E-state index in [2.05, 4.69) is 22.4 Å². The molecular formula is C24H24N4O3. The highest BCUT2D eigenvalue weighted by Gasteiger charge is 2.10. The Bertz CT molecular complexity index is 1180. The third kappa shape index (κ3) is 4.66. The van der Waals surface area contributed by atoms with Crippen molar-refractivity contribution in [2.75, 3.05) is 12.4 Å². The zero-order chi connectivity index (χ0) is 21.8. The molecule has 0 fully saturated rings. The average molecular weight is 416 g/mol. The first-order valence-electron chi connectivity index (χ1n) is 10.2. The fourth-order valence-electron chi connectivity index (χ4n) is 3.03. The van der Waals surface area contributed by atoms with Gasteiger partial charge in [0.25, 0.3) is 5.91 Å². The predicted octanol–water partition coefficient (Wildman–Crippen LogP) is 4.86. The third-order valence-corrected chi connectivity index (χ3v) is 4.97. The molecule has 31 heavy (non-hydrogen) atoms. The van der Waals surface area contributed by atoms with Crippen LogP contribution >= 0.6 is 0 Å². The Morgan fingerprint density at radius 2 is 1.65 bits per heavy atom. The number of fused-ring (bicyclic) bond motifs is 1. The molecule has 0 aliphatic carbocycles. The molecule has 1 atom stereocenters. The van der Waals surface area contributed by atoms with Crippen LogP contribution in [-0.4, -0.2) is 34.1 Å². The number of nitrogens with one attached hydrogen (secondary N) is 1. The van der Waals surface area contributed by atoms with Gasteiger partial charge in [-0.3, -0.25) is 4.79 Å². The molecule has 0 radical (unpaired) electrons. The van der Waals surface area contributed by atoms with Gasteiger partial charge < -0.3 is 14.8 Å². The molecular weight excluding hydrogens is 392 g/mol. The second-order valence-corrected chi connectivity index (χ2v) is 7.21. The first-order chi connectivity index (χ1) is 15.1. The van der Waals surface area contributed by atoms with Gasteiger partial charge in [0, 0.05) is 11.3 Å². The highest BCUT2D eigenvalue weighted by molar-refractivity contribution is 6.05. The van der Waals surface area contributed by atoms with Crippen LogP contribution in [-0.2, 0) is 0 Å². The third-order valence-electron chi connectivity index (χ3n) is 4.97. The Labute approximate surface area is 180 Å². The van der Waals surface area contributed by atoms with E-state index in [0.717, 1.165) is 29.1 Å². The lowest BCUT2D eigenvalue weighted by atomic mass is 10.2. The van der Waals surface area contributed by atoms with E-state index in [9.17, 15) is 4.79 Å². The fourth-order valence-corrected chi connectivity index (χ4v) is 3.03. The summed E-state index contributed by atoms with van der Waals surface area (Å²) < 4.78 is 10.9. The van der Waals surface area contributed by atoms with Crippen molar-refractivity contribution in [3.8, 4) is 17.2 Å². The molecule has 7 nitrogen and oxygen atoms in total. The Balaban J connectivity index is 1.48. The molecule has 1 N–H and O–H groups in total. The van der Waals surface area contributed by atoms with E-state index in [1.54, 1.807) is 30.1 Å². The van der Waals surface area contributed by atoms with Gasteiger partial charge in [0.1, 0.15) is 22.5 Å². The van der Waals surface area contributed by atoms with Gasteiger partial charge in [-0.15, -0.1) is 10.2 Å². The maximum Gasteiger partial charge on any atom is 0.255 e. The monoisotopic (exact) mass is 416 g/mol. The molecule has 0 aliphatic rings. The van der Waals surface area contributed by atoms with E-state index >= 15 is 0 Å². The maximum atomic E-state index is 12.6. The van der Waals surface area contributed by atoms with Crippen molar-refractivity contribution in [2.45, 2.75) is 26.4 Å². The highest BCUT2D eigenvalue weighted by atomic mass is 16.5. The number of benzene rings is 3. The quantitative estimate of drug-likeness (QED) is 0.466. The summed E-state index contributed by atoms with van der Waals surface area (Å²) >= 11 is 0. The van der Waals surface area contributed by atoms with E-state index < -0.39 is 0 Å². The molecule has 0 saturated carbocycles. The molecule has 0 spiro atoms. The molecule has 158 valence electrons. The van der Waals surface area contributed by atoms with Crippen LogP contribution in [0.15, 0.2) is 66.7 Å². The van der Waals surface area contributed by atoms with E-state index in [0.29, 0.717) is 16.8 Å². The first kappa shape index (κ1) is 20.4. The van der Waals surface area contributed by atoms with Crippen LogP contribution < -0.4 is 14.8 Å². The highest BCUT2D eigenvalue weighted by Crippen LogP contribution is 2.20. The number of hydrogen-bond donors (Lipinski definition) is 1. The van der Waals surface area contributed by atoms with Gasteiger partial charge in [0.2, 0.25) is 0 Å². The second kappa shape index (κ2) is 8.87. The van der Waals surface area contributed by atoms with Crippen molar-refractivity contribution in [1.29, 1.82) is 0 Å². The van der Waals surface area contributed by atoms with Crippen molar-refractivity contribution in [3.63, 3.8) is 0 Å². The van der Waals surface area contributed by atoms with E-state index in [1.165, 1.54) is 0 Å². The summed E-state index contributed by atoms with van der Waals surface area (Å²) in [5.41, 5.74) is 3.45. The lowest BCUT2D eigenvalue weighted by Gasteiger charge is -2.12. The molecule has 1 amide bonds. The smallest absolute Gasteiger partial charge is 0.255 e. The minimum Gasteiger partial charge on any atom is -0.497 e. The maximum absolute atomic E-state index is 12.6. The molecule has 1 heterocycles. The second-order valence-electron chi connectivity index (χ2n) is 7.21. The number of methoxy groups -OCH3 is 1. The fraction of sp³-hybridized carbons (Fsp3) is 0.208. The predicted molar refractivity (Wildman–Crippen MR) is 120 cm³/mol. The van der Waals surface area contributed by atoms with Gasteiger partial charge in [0.15, 0.2) is 0 Å². The topological polar surface area (TPSA) is 78.3 Å². The van der Waals surface area contributed by atoms with Gasteiger partial charge in [-0.2, -0.15) is 4.80 Å². The van der Waals surface area contributed by atoms with Crippen LogP contribution in [0.2, 0.25) is 0 Å². The number of ether oxygens (including phenoxy) is 2. The number of carbonyl (C=O) groups excluding carboxylic acids is 1. The van der Waals surface area contributed by atoms with Crippen molar-refractivity contribution in [2.24, 2.45) is 0 Å². The Morgan fingerprint density at radius 1 is 0.968 bits per heavy atom. The van der Waals surface area contributed by atoms with Gasteiger partial charge in [-0.25, -0.2) is 0 Å². The lowest BCUT2D eigenvalue weighted by molar-refractivity contribution is 0.102. The molecule has 3 aromatic carbocycles. The minimum absolute atomic E-state index is 0.137. The summed E-state index contributed by atoms with van der Waals surface area (Å²) in [6, 6.07) is 20.1. The zero-order valence-corrected chi connectivity index (χ0v) is 17.7. The van der Waals surface area contributed by atoms with Crippen LogP contribution in [0.4, 0.5) is 5.69 Å². The van der Waals surface area contributed by atoms with Crippen LogP contribution in [0, 0.1) is 0 Å². The zero-order valence-electron chi connectivity index (χ0n) is 17.7. The van der Waals surface area contributed by atoms with Crippen LogP contribution in [0.5, 0.6) is 11.5 Å². The summed E-state index contributed by atoms with van der Waals surface area (Å²) in [6.45, 7) is 4.08. The van der Waals surface area contributed by atoms with Gasteiger partial charge in [-0.05, 0) is 80.1 Å². The molecule has 4 rings (SSSR count). The number of nitrogens with zero attached hydrogens (tertiary/aromatic N) is 3. The van der Waals surface area contributed by atoms with Crippen molar-refractivity contribution in [3.05, 3.63) is 72.3 Å². The van der Waals surface area contributed by atoms with Crippen molar-refractivity contribution >= 4 is 22.6 Å². The summed E-state index contributed by atoms with van der Waals surface area (Å²) in [5, 5.41) is 11.9. The van der Waals surface area contributed by atoms with Gasteiger partial charge in [0.05, 0.1) is 18.9 Å². The Hall–Kier alpha value is -3.87. The molecule has 0 unspecified atom stereocenters. The molecule has 0 saturated heterocycles. The number of anilines is 1. The molecule has 0 aliphatic heterocycles. The van der Waals surface area contributed by atoms with Crippen LogP contribution in [0.25, 0.3) is 16.7 Å². The van der Waals surface area contributed by atoms with E-state index in [1.807, 2.05) is 55.5 Å². The number of amides is 1.